The molecule has 2 rings (SSSR count). The standard InChI is InChI=1S/C15H22N2O/c1-9-6-11(18-5)7-12-13(15(3,4)8-16)10(2)17-14(9)12/h6-7,17H,8,16H2,1-5H3. The number of nitrogens with two attached hydrogens (primary N) is 1. The van der Waals surface area contributed by atoms with Gasteiger partial charge in [0.1, 0.15) is 5.75 Å². The minimum Gasteiger partial charge on any atom is -0.497 e. The number of nitrogens with one attached hydrogen (secondary N) is 1. The second-order valence-corrected chi connectivity index (χ2v) is 5.58. The van der Waals surface area contributed by atoms with E-state index in [1.807, 2.05) is 0 Å². The minimum atomic E-state index is -0.0405. The van der Waals surface area contributed by atoms with Crippen LogP contribution in [0.25, 0.3) is 10.9 Å². The Hall–Kier alpha value is -1.48. The molecule has 2 aromatic rings. The van der Waals surface area contributed by atoms with Gasteiger partial charge in [-0.1, -0.05) is 13.8 Å². The first kappa shape index (κ1) is 13.0. The van der Waals surface area contributed by atoms with Crippen LogP contribution in [-0.4, -0.2) is 18.6 Å². The van der Waals surface area contributed by atoms with E-state index in [2.05, 4.69) is 44.8 Å². The van der Waals surface area contributed by atoms with Gasteiger partial charge in [0.15, 0.2) is 0 Å². The van der Waals surface area contributed by atoms with Gasteiger partial charge in [0.25, 0.3) is 0 Å². The number of aromatic nitrogens is 1. The lowest BCUT2D eigenvalue weighted by molar-refractivity contribution is 0.415. The SMILES string of the molecule is COc1cc(C)c2[nH]c(C)c(C(C)(C)CN)c2c1. The number of ether oxygens (including phenoxy) is 1. The van der Waals surface area contributed by atoms with E-state index in [1.54, 1.807) is 7.11 Å². The highest BCUT2D eigenvalue weighted by molar-refractivity contribution is 5.89. The molecule has 3 nitrogen and oxygen atoms in total. The summed E-state index contributed by atoms with van der Waals surface area (Å²) in [6, 6.07) is 4.15. The molecule has 3 heteroatoms. The summed E-state index contributed by atoms with van der Waals surface area (Å²) in [7, 11) is 1.70. The van der Waals surface area contributed by atoms with Crippen LogP contribution >= 0.6 is 0 Å². The highest BCUT2D eigenvalue weighted by atomic mass is 16.5. The van der Waals surface area contributed by atoms with Crippen molar-refractivity contribution in [2.75, 3.05) is 13.7 Å². The number of aromatic amines is 1. The van der Waals surface area contributed by atoms with E-state index in [9.17, 15) is 0 Å². The zero-order valence-corrected chi connectivity index (χ0v) is 11.8. The predicted molar refractivity (Wildman–Crippen MR) is 76.4 cm³/mol. The number of hydrogen-bond acceptors (Lipinski definition) is 2. The average Bonchev–Trinajstić information content (AvgIpc) is 2.66. The predicted octanol–water partition coefficient (Wildman–Crippen LogP) is 3.03. The van der Waals surface area contributed by atoms with Crippen molar-refractivity contribution in [3.8, 4) is 5.75 Å². The van der Waals surface area contributed by atoms with Gasteiger partial charge in [-0.2, -0.15) is 0 Å². The Kier molecular flexibility index (Phi) is 3.11. The lowest BCUT2D eigenvalue weighted by Crippen LogP contribution is -2.28. The van der Waals surface area contributed by atoms with E-state index < -0.39 is 0 Å². The lowest BCUT2D eigenvalue weighted by Gasteiger charge is -2.23. The monoisotopic (exact) mass is 246 g/mol. The van der Waals surface area contributed by atoms with E-state index in [0.717, 1.165) is 5.75 Å². The molecular formula is C15H22N2O. The van der Waals surface area contributed by atoms with Crippen LogP contribution in [0.3, 0.4) is 0 Å². The largest absolute Gasteiger partial charge is 0.497 e. The summed E-state index contributed by atoms with van der Waals surface area (Å²) in [5.41, 5.74) is 10.8. The van der Waals surface area contributed by atoms with Crippen LogP contribution in [0.2, 0.25) is 0 Å². The Morgan fingerprint density at radius 2 is 1.94 bits per heavy atom. The number of H-pyrrole nitrogens is 1. The van der Waals surface area contributed by atoms with Crippen molar-refractivity contribution < 1.29 is 4.74 Å². The molecule has 0 fully saturated rings. The maximum atomic E-state index is 5.92. The van der Waals surface area contributed by atoms with Crippen LogP contribution in [0, 0.1) is 13.8 Å². The number of fused-ring (bicyclic) bond motifs is 1. The smallest absolute Gasteiger partial charge is 0.119 e. The summed E-state index contributed by atoms with van der Waals surface area (Å²) in [5.74, 6) is 0.896. The van der Waals surface area contributed by atoms with Gasteiger partial charge in [-0.15, -0.1) is 0 Å². The van der Waals surface area contributed by atoms with Gasteiger partial charge in [-0.3, -0.25) is 0 Å². The first-order chi connectivity index (χ1) is 8.40. The molecule has 1 aromatic heterocycles. The zero-order valence-electron chi connectivity index (χ0n) is 11.8. The van der Waals surface area contributed by atoms with Crippen molar-refractivity contribution in [1.82, 2.24) is 4.98 Å². The number of benzene rings is 1. The average molecular weight is 246 g/mol. The summed E-state index contributed by atoms with van der Waals surface area (Å²) in [4.78, 5) is 3.48. The number of hydrogen-bond donors (Lipinski definition) is 2. The molecule has 0 saturated heterocycles. The van der Waals surface area contributed by atoms with Crippen LogP contribution in [0.5, 0.6) is 5.75 Å². The first-order valence-electron chi connectivity index (χ1n) is 6.28. The number of aryl methyl sites for hydroxylation is 2. The molecule has 1 aromatic carbocycles. The van der Waals surface area contributed by atoms with Crippen molar-refractivity contribution >= 4 is 10.9 Å². The summed E-state index contributed by atoms with van der Waals surface area (Å²) in [6.07, 6.45) is 0. The van der Waals surface area contributed by atoms with Crippen LogP contribution in [0.15, 0.2) is 12.1 Å². The second kappa shape index (κ2) is 4.32. The fraction of sp³-hybridized carbons (Fsp3) is 0.467. The summed E-state index contributed by atoms with van der Waals surface area (Å²) < 4.78 is 5.37. The highest BCUT2D eigenvalue weighted by Gasteiger charge is 2.25. The molecule has 0 unspecified atom stereocenters. The normalized spacial score (nSPS) is 12.1. The molecule has 0 aliphatic carbocycles. The third-order valence-electron chi connectivity index (χ3n) is 3.69. The molecule has 0 aliphatic rings. The van der Waals surface area contributed by atoms with Crippen molar-refractivity contribution in [2.24, 2.45) is 5.73 Å². The van der Waals surface area contributed by atoms with Crippen LogP contribution in [0.4, 0.5) is 0 Å². The Labute approximate surface area is 108 Å². The topological polar surface area (TPSA) is 51.0 Å². The molecule has 0 aliphatic heterocycles. The maximum Gasteiger partial charge on any atom is 0.119 e. The van der Waals surface area contributed by atoms with Gasteiger partial charge in [-0.25, -0.2) is 0 Å². The summed E-state index contributed by atoms with van der Waals surface area (Å²) in [5, 5.41) is 1.22. The van der Waals surface area contributed by atoms with E-state index in [1.165, 1.54) is 27.7 Å². The van der Waals surface area contributed by atoms with Crippen molar-refractivity contribution in [1.29, 1.82) is 0 Å². The molecule has 0 amide bonds. The summed E-state index contributed by atoms with van der Waals surface area (Å²) >= 11 is 0. The van der Waals surface area contributed by atoms with E-state index in [-0.39, 0.29) is 5.41 Å². The minimum absolute atomic E-state index is 0.0405. The van der Waals surface area contributed by atoms with Gasteiger partial charge < -0.3 is 15.5 Å². The van der Waals surface area contributed by atoms with Gasteiger partial charge in [-0.05, 0) is 37.1 Å². The highest BCUT2D eigenvalue weighted by Crippen LogP contribution is 2.36. The molecule has 0 atom stereocenters. The number of rotatable bonds is 3. The molecule has 3 N–H and O–H groups in total. The first-order valence-corrected chi connectivity index (χ1v) is 6.28. The zero-order chi connectivity index (χ0) is 13.5. The van der Waals surface area contributed by atoms with Crippen molar-refractivity contribution in [3.63, 3.8) is 0 Å². The Balaban J connectivity index is 2.81. The molecule has 98 valence electrons. The quantitative estimate of drug-likeness (QED) is 0.874. The third-order valence-corrected chi connectivity index (χ3v) is 3.69. The van der Waals surface area contributed by atoms with Crippen LogP contribution in [0.1, 0.15) is 30.7 Å². The van der Waals surface area contributed by atoms with Crippen LogP contribution in [-0.2, 0) is 5.41 Å². The lowest BCUT2D eigenvalue weighted by atomic mass is 9.82. The van der Waals surface area contributed by atoms with Crippen molar-refractivity contribution in [2.45, 2.75) is 33.1 Å². The molecule has 1 heterocycles. The Morgan fingerprint density at radius 3 is 2.50 bits per heavy atom. The van der Waals surface area contributed by atoms with Gasteiger partial charge >= 0.3 is 0 Å². The molecular weight excluding hydrogens is 224 g/mol. The Morgan fingerprint density at radius 1 is 1.28 bits per heavy atom. The maximum absolute atomic E-state index is 5.92. The van der Waals surface area contributed by atoms with Gasteiger partial charge in [0.05, 0.1) is 7.11 Å². The fourth-order valence-electron chi connectivity index (χ4n) is 2.66. The Bertz CT molecular complexity index is 582. The molecule has 0 spiro atoms. The summed E-state index contributed by atoms with van der Waals surface area (Å²) in [6.45, 7) is 9.19. The van der Waals surface area contributed by atoms with Gasteiger partial charge in [0.2, 0.25) is 0 Å². The molecule has 0 bridgehead atoms. The number of methoxy groups -OCH3 is 1. The van der Waals surface area contributed by atoms with E-state index >= 15 is 0 Å². The fourth-order valence-corrected chi connectivity index (χ4v) is 2.66. The second-order valence-electron chi connectivity index (χ2n) is 5.58. The van der Waals surface area contributed by atoms with E-state index in [4.69, 9.17) is 10.5 Å². The van der Waals surface area contributed by atoms with E-state index in [0.29, 0.717) is 6.54 Å². The van der Waals surface area contributed by atoms with Gasteiger partial charge in [0, 0.05) is 28.6 Å². The molecule has 18 heavy (non-hydrogen) atoms. The molecule has 0 saturated carbocycles. The van der Waals surface area contributed by atoms with Crippen LogP contribution < -0.4 is 10.5 Å². The third kappa shape index (κ3) is 1.89. The molecule has 0 radical (unpaired) electrons. The van der Waals surface area contributed by atoms with Crippen molar-refractivity contribution in [3.05, 3.63) is 29.0 Å².